The van der Waals surface area contributed by atoms with Gasteiger partial charge in [-0.1, -0.05) is 6.42 Å². The van der Waals surface area contributed by atoms with Gasteiger partial charge in [0.1, 0.15) is 17.2 Å². The van der Waals surface area contributed by atoms with Crippen molar-refractivity contribution in [2.45, 2.75) is 51.6 Å². The van der Waals surface area contributed by atoms with Crippen molar-refractivity contribution in [2.24, 2.45) is 0 Å². The highest BCUT2D eigenvalue weighted by atomic mass is 28.4. The molecule has 0 aromatic heterocycles. The van der Waals surface area contributed by atoms with E-state index in [1.165, 1.54) is 0 Å². The lowest BCUT2D eigenvalue weighted by atomic mass is 10.2. The number of ether oxygens (including phenoxy) is 3. The minimum Gasteiger partial charge on any atom is -0.497 e. The molecule has 0 aliphatic carbocycles. The smallest absolute Gasteiger partial charge is 0.343 e. The standard InChI is InChI=1S/C23H34O5Si2/c1-25-20-13-15-22(16-14-20)27-23(24)19-9-11-21(12-10-19)26-17-7-8-18-30(5,6)28-29(2,3)4/h9-16H,7-8,17-18H2,1-6H3. The topological polar surface area (TPSA) is 54.0 Å². The van der Waals surface area contributed by atoms with E-state index in [-0.39, 0.29) is 0 Å². The van der Waals surface area contributed by atoms with Crippen LogP contribution < -0.4 is 14.2 Å². The van der Waals surface area contributed by atoms with Gasteiger partial charge in [0, 0.05) is 0 Å². The van der Waals surface area contributed by atoms with Crippen LogP contribution in [-0.4, -0.2) is 36.3 Å². The summed E-state index contributed by atoms with van der Waals surface area (Å²) in [6.07, 6.45) is 2.10. The summed E-state index contributed by atoms with van der Waals surface area (Å²) >= 11 is 0. The first-order chi connectivity index (χ1) is 14.1. The van der Waals surface area contributed by atoms with E-state index in [0.717, 1.165) is 24.6 Å². The van der Waals surface area contributed by atoms with Gasteiger partial charge in [0.2, 0.25) is 0 Å². The van der Waals surface area contributed by atoms with Crippen molar-refractivity contribution < 1.29 is 23.1 Å². The maximum Gasteiger partial charge on any atom is 0.343 e. The Balaban J connectivity index is 1.74. The van der Waals surface area contributed by atoms with Crippen LogP contribution in [0.3, 0.4) is 0 Å². The maximum absolute atomic E-state index is 12.3. The highest BCUT2D eigenvalue weighted by Gasteiger charge is 2.28. The van der Waals surface area contributed by atoms with E-state index in [1.807, 2.05) is 0 Å². The van der Waals surface area contributed by atoms with Crippen LogP contribution in [0.15, 0.2) is 48.5 Å². The minimum atomic E-state index is -1.58. The number of carbonyl (C=O) groups is 1. The third-order valence-corrected chi connectivity index (χ3v) is 10.6. The van der Waals surface area contributed by atoms with Gasteiger partial charge in [-0.25, -0.2) is 4.79 Å². The van der Waals surface area contributed by atoms with E-state index in [0.29, 0.717) is 23.7 Å². The van der Waals surface area contributed by atoms with E-state index >= 15 is 0 Å². The molecule has 2 aromatic carbocycles. The fraction of sp³-hybridized carbons (Fsp3) is 0.435. The van der Waals surface area contributed by atoms with Gasteiger partial charge in [-0.15, -0.1) is 0 Å². The second-order valence-corrected chi connectivity index (χ2v) is 17.9. The predicted octanol–water partition coefficient (Wildman–Crippen LogP) is 6.13. The lowest BCUT2D eigenvalue weighted by molar-refractivity contribution is 0.0734. The average Bonchev–Trinajstić information content (AvgIpc) is 2.67. The number of esters is 1. The number of hydrogen-bond acceptors (Lipinski definition) is 5. The molecule has 0 atom stereocenters. The van der Waals surface area contributed by atoms with Gasteiger partial charge in [0.15, 0.2) is 16.6 Å². The molecule has 0 spiro atoms. The summed E-state index contributed by atoms with van der Waals surface area (Å²) in [6, 6.07) is 15.1. The first-order valence-corrected chi connectivity index (χ1v) is 16.9. The van der Waals surface area contributed by atoms with Crippen LogP contribution in [0.5, 0.6) is 17.2 Å². The van der Waals surface area contributed by atoms with Crippen molar-refractivity contribution in [3.8, 4) is 17.2 Å². The van der Waals surface area contributed by atoms with Crippen molar-refractivity contribution in [3.63, 3.8) is 0 Å². The quantitative estimate of drug-likeness (QED) is 0.180. The number of rotatable bonds is 11. The van der Waals surface area contributed by atoms with Crippen molar-refractivity contribution >= 4 is 22.6 Å². The Hall–Kier alpha value is -2.10. The zero-order valence-corrected chi connectivity index (χ0v) is 21.0. The van der Waals surface area contributed by atoms with E-state index in [4.69, 9.17) is 18.3 Å². The lowest BCUT2D eigenvalue weighted by Gasteiger charge is -2.31. The molecule has 0 amide bonds. The third kappa shape index (κ3) is 8.73. The second kappa shape index (κ2) is 10.8. The highest BCUT2D eigenvalue weighted by molar-refractivity contribution is 6.84. The fourth-order valence-corrected chi connectivity index (χ4v) is 11.4. The van der Waals surface area contributed by atoms with Crippen LogP contribution in [0, 0.1) is 0 Å². The minimum absolute atomic E-state index is 0.402. The largest absolute Gasteiger partial charge is 0.497 e. The normalized spacial score (nSPS) is 11.8. The SMILES string of the molecule is COc1ccc(OC(=O)c2ccc(OCCCC[Si](C)(C)O[Si](C)(C)C)cc2)cc1. The molecule has 0 bridgehead atoms. The predicted molar refractivity (Wildman–Crippen MR) is 126 cm³/mol. The Morgan fingerprint density at radius 2 is 1.37 bits per heavy atom. The molecule has 0 heterocycles. The molecule has 5 nitrogen and oxygen atoms in total. The molecule has 0 aliphatic heterocycles. The first kappa shape index (κ1) is 24.2. The van der Waals surface area contributed by atoms with Crippen molar-refractivity contribution in [1.82, 2.24) is 0 Å². The molecule has 0 saturated heterocycles. The molecular formula is C23H34O5Si2. The van der Waals surface area contributed by atoms with Gasteiger partial charge in [-0.05, 0) is 93.7 Å². The van der Waals surface area contributed by atoms with E-state index in [1.54, 1.807) is 55.6 Å². The Morgan fingerprint density at radius 3 is 1.93 bits per heavy atom. The fourth-order valence-electron chi connectivity index (χ4n) is 3.22. The Kier molecular flexibility index (Phi) is 8.70. The van der Waals surface area contributed by atoms with Gasteiger partial charge >= 0.3 is 5.97 Å². The number of hydrogen-bond donors (Lipinski definition) is 0. The molecule has 0 aliphatic rings. The molecule has 0 saturated carbocycles. The van der Waals surface area contributed by atoms with Crippen LogP contribution in [-0.2, 0) is 4.12 Å². The number of methoxy groups -OCH3 is 1. The van der Waals surface area contributed by atoms with Crippen LogP contribution >= 0.6 is 0 Å². The van der Waals surface area contributed by atoms with E-state index < -0.39 is 22.6 Å². The summed E-state index contributed by atoms with van der Waals surface area (Å²) in [5, 5.41) is 0. The number of unbranched alkanes of at least 4 members (excludes halogenated alkanes) is 1. The third-order valence-electron chi connectivity index (χ3n) is 4.38. The van der Waals surface area contributed by atoms with Crippen LogP contribution in [0.2, 0.25) is 38.8 Å². The maximum atomic E-state index is 12.3. The summed E-state index contributed by atoms with van der Waals surface area (Å²) in [5.41, 5.74) is 0.481. The Bertz CT molecular complexity index is 796. The lowest BCUT2D eigenvalue weighted by Crippen LogP contribution is -2.42. The summed E-state index contributed by atoms with van der Waals surface area (Å²) < 4.78 is 22.7. The molecule has 2 aromatic rings. The summed E-state index contributed by atoms with van der Waals surface area (Å²) in [4.78, 5) is 12.3. The summed E-state index contributed by atoms with van der Waals surface area (Å²) in [6.45, 7) is 12.0. The molecule has 0 radical (unpaired) electrons. The molecule has 164 valence electrons. The second-order valence-electron chi connectivity index (χ2n) is 8.87. The molecule has 2 rings (SSSR count). The summed E-state index contributed by atoms with van der Waals surface area (Å²) in [5.74, 6) is 1.55. The van der Waals surface area contributed by atoms with Gasteiger partial charge in [0.25, 0.3) is 0 Å². The van der Waals surface area contributed by atoms with Crippen LogP contribution in [0.1, 0.15) is 23.2 Å². The van der Waals surface area contributed by atoms with Gasteiger partial charge in [-0.3, -0.25) is 0 Å². The Labute approximate surface area is 182 Å². The van der Waals surface area contributed by atoms with Gasteiger partial charge in [0.05, 0.1) is 19.3 Å². The zero-order chi connectivity index (χ0) is 22.2. The number of carbonyl (C=O) groups excluding carboxylic acids is 1. The molecular weight excluding hydrogens is 412 g/mol. The van der Waals surface area contributed by atoms with Gasteiger partial charge in [-0.2, -0.15) is 0 Å². The molecule has 0 fully saturated rings. The molecule has 0 unspecified atom stereocenters. The molecule has 30 heavy (non-hydrogen) atoms. The first-order valence-electron chi connectivity index (χ1n) is 10.4. The van der Waals surface area contributed by atoms with E-state index in [2.05, 4.69) is 32.7 Å². The average molecular weight is 447 g/mol. The van der Waals surface area contributed by atoms with Crippen LogP contribution in [0.4, 0.5) is 0 Å². The summed E-state index contributed by atoms with van der Waals surface area (Å²) in [7, 11) is -1.46. The van der Waals surface area contributed by atoms with Gasteiger partial charge < -0.3 is 18.3 Å². The highest BCUT2D eigenvalue weighted by Crippen LogP contribution is 2.22. The van der Waals surface area contributed by atoms with Crippen LogP contribution in [0.25, 0.3) is 0 Å². The monoisotopic (exact) mass is 446 g/mol. The van der Waals surface area contributed by atoms with Crippen molar-refractivity contribution in [1.29, 1.82) is 0 Å². The van der Waals surface area contributed by atoms with Crippen molar-refractivity contribution in [3.05, 3.63) is 54.1 Å². The zero-order valence-electron chi connectivity index (χ0n) is 19.0. The van der Waals surface area contributed by atoms with E-state index in [9.17, 15) is 4.79 Å². The molecule has 0 N–H and O–H groups in total. The molecule has 7 heteroatoms. The number of benzene rings is 2. The Morgan fingerprint density at radius 1 is 0.800 bits per heavy atom. The van der Waals surface area contributed by atoms with Crippen molar-refractivity contribution in [2.75, 3.05) is 13.7 Å².